The van der Waals surface area contributed by atoms with Gasteiger partial charge in [0, 0.05) is 30.9 Å². The van der Waals surface area contributed by atoms with E-state index in [-0.39, 0.29) is 34.0 Å². The topological polar surface area (TPSA) is 16.8 Å². The molecule has 0 aromatic carbocycles. The lowest BCUT2D eigenvalue weighted by Gasteiger charge is -2.01. The lowest BCUT2D eigenvalue weighted by Crippen LogP contribution is -3.00. The fraction of sp³-hybridized carbons (Fsp3) is 0.412. The van der Waals surface area contributed by atoms with Crippen LogP contribution in [0.25, 0.3) is 11.1 Å². The second kappa shape index (κ2) is 11.9. The lowest BCUT2D eigenvalue weighted by atomic mass is 10.1. The Bertz CT molecular complexity index is 472. The molecule has 0 aliphatic heterocycles. The first kappa shape index (κ1) is 20.3. The number of pyridine rings is 2. The number of unbranched alkanes of at least 4 members (excludes halogenated alkanes) is 4. The van der Waals surface area contributed by atoms with Crippen LogP contribution in [0.1, 0.15) is 39.0 Å². The molecule has 2 aromatic heterocycles. The molecule has 0 radical (unpaired) electrons. The largest absolute Gasteiger partial charge is 1.00 e. The van der Waals surface area contributed by atoms with Crippen LogP contribution in [0, 0.1) is 0 Å². The summed E-state index contributed by atoms with van der Waals surface area (Å²) in [6.07, 6.45) is 14.7. The Morgan fingerprint density at radius 2 is 1.43 bits per heavy atom. The summed E-state index contributed by atoms with van der Waals surface area (Å²) in [6, 6.07) is 8.46. The first-order valence-corrected chi connectivity index (χ1v) is 7.29. The van der Waals surface area contributed by atoms with E-state index < -0.39 is 0 Å². The van der Waals surface area contributed by atoms with E-state index in [9.17, 15) is 0 Å². The third kappa shape index (κ3) is 7.18. The van der Waals surface area contributed by atoms with Gasteiger partial charge in [0.1, 0.15) is 6.54 Å². The van der Waals surface area contributed by atoms with Crippen molar-refractivity contribution in [1.82, 2.24) is 4.98 Å². The van der Waals surface area contributed by atoms with Gasteiger partial charge in [0.25, 0.3) is 0 Å². The molecule has 0 saturated carbocycles. The molecule has 2 heterocycles. The Labute approximate surface area is 149 Å². The van der Waals surface area contributed by atoms with E-state index in [4.69, 9.17) is 0 Å². The molecule has 2 aromatic rings. The van der Waals surface area contributed by atoms with Crippen molar-refractivity contribution in [3.63, 3.8) is 0 Å². The van der Waals surface area contributed by atoms with Crippen molar-refractivity contribution in [2.45, 2.75) is 45.6 Å². The van der Waals surface area contributed by atoms with E-state index in [1.54, 1.807) is 0 Å². The van der Waals surface area contributed by atoms with Gasteiger partial charge in [0.05, 0.1) is 0 Å². The van der Waals surface area contributed by atoms with Gasteiger partial charge >= 0.3 is 0 Å². The van der Waals surface area contributed by atoms with Crippen LogP contribution in [0.2, 0.25) is 0 Å². The summed E-state index contributed by atoms with van der Waals surface area (Å²) in [5.74, 6) is 0. The van der Waals surface area contributed by atoms with E-state index in [1.165, 1.54) is 43.2 Å². The molecule has 0 saturated heterocycles. The Morgan fingerprint density at radius 1 is 0.857 bits per heavy atom. The minimum atomic E-state index is 0. The van der Waals surface area contributed by atoms with E-state index in [1.807, 2.05) is 24.5 Å². The number of hydrogen-bond acceptors (Lipinski definition) is 1. The molecular weight excluding hydrogens is 392 g/mol. The Morgan fingerprint density at radius 3 is 2.05 bits per heavy atom. The number of rotatable bonds is 7. The van der Waals surface area contributed by atoms with Gasteiger partial charge in [-0.2, -0.15) is 0 Å². The molecule has 0 aliphatic rings. The fourth-order valence-corrected chi connectivity index (χ4v) is 2.24. The summed E-state index contributed by atoms with van der Waals surface area (Å²) in [5.41, 5.74) is 2.48. The SMILES string of the molecule is Br.CCCCCCC[n+]1ccc(-c2ccncc2)cc1.[Br-]. The van der Waals surface area contributed by atoms with Gasteiger partial charge in [-0.15, -0.1) is 17.0 Å². The first-order chi connectivity index (χ1) is 9.40. The van der Waals surface area contributed by atoms with Crippen molar-refractivity contribution in [2.75, 3.05) is 0 Å². The van der Waals surface area contributed by atoms with Crippen LogP contribution in [0.5, 0.6) is 0 Å². The zero-order valence-corrected chi connectivity index (χ0v) is 15.8. The van der Waals surface area contributed by atoms with Crippen LogP contribution in [0.15, 0.2) is 49.1 Å². The molecule has 0 atom stereocenters. The molecule has 0 fully saturated rings. The number of aryl methyl sites for hydroxylation is 1. The standard InChI is InChI=1S/C17H23N2.2BrH/c1-2-3-4-5-6-13-19-14-9-17(10-15-19)16-7-11-18-12-8-16;;/h7-12,14-15H,2-6,13H2,1H3;2*1H/q+1;;/p-1. The molecule has 0 N–H and O–H groups in total. The number of aromatic nitrogens is 2. The van der Waals surface area contributed by atoms with Crippen LogP contribution < -0.4 is 21.5 Å². The molecular formula is C17H24Br2N2. The molecule has 2 rings (SSSR count). The monoisotopic (exact) mass is 414 g/mol. The third-order valence-corrected chi connectivity index (χ3v) is 3.42. The van der Waals surface area contributed by atoms with Crippen LogP contribution in [-0.2, 0) is 6.54 Å². The summed E-state index contributed by atoms with van der Waals surface area (Å²) in [6.45, 7) is 3.38. The van der Waals surface area contributed by atoms with Gasteiger partial charge in [-0.1, -0.05) is 26.2 Å². The summed E-state index contributed by atoms with van der Waals surface area (Å²) >= 11 is 0. The predicted octanol–water partition coefficient (Wildman–Crippen LogP) is 1.59. The number of hydrogen-bond donors (Lipinski definition) is 0. The number of halogens is 2. The highest BCUT2D eigenvalue weighted by atomic mass is 79.9. The highest BCUT2D eigenvalue weighted by Gasteiger charge is 2.02. The molecule has 116 valence electrons. The van der Waals surface area contributed by atoms with Gasteiger partial charge in [-0.25, -0.2) is 4.57 Å². The Kier molecular flexibility index (Phi) is 11.5. The maximum atomic E-state index is 4.05. The van der Waals surface area contributed by atoms with Crippen LogP contribution in [0.4, 0.5) is 0 Å². The predicted molar refractivity (Wildman–Crippen MR) is 88.9 cm³/mol. The second-order valence-corrected chi connectivity index (χ2v) is 4.97. The van der Waals surface area contributed by atoms with Crippen molar-refractivity contribution in [1.29, 1.82) is 0 Å². The second-order valence-electron chi connectivity index (χ2n) is 4.97. The molecule has 0 amide bonds. The van der Waals surface area contributed by atoms with E-state index in [2.05, 4.69) is 41.0 Å². The highest BCUT2D eigenvalue weighted by molar-refractivity contribution is 8.93. The minimum Gasteiger partial charge on any atom is -1.00 e. The van der Waals surface area contributed by atoms with Gasteiger partial charge in [0.15, 0.2) is 12.4 Å². The van der Waals surface area contributed by atoms with Crippen molar-refractivity contribution in [2.24, 2.45) is 0 Å². The van der Waals surface area contributed by atoms with Crippen molar-refractivity contribution in [3.05, 3.63) is 49.1 Å². The zero-order chi connectivity index (χ0) is 13.3. The van der Waals surface area contributed by atoms with Gasteiger partial charge in [0.2, 0.25) is 0 Å². The van der Waals surface area contributed by atoms with E-state index in [0.29, 0.717) is 0 Å². The normalized spacial score (nSPS) is 9.57. The van der Waals surface area contributed by atoms with Crippen molar-refractivity contribution in [3.8, 4) is 11.1 Å². The van der Waals surface area contributed by atoms with Crippen LogP contribution in [-0.4, -0.2) is 4.98 Å². The quantitative estimate of drug-likeness (QED) is 0.495. The summed E-state index contributed by atoms with van der Waals surface area (Å²) in [7, 11) is 0. The fourth-order valence-electron chi connectivity index (χ4n) is 2.24. The molecule has 0 spiro atoms. The maximum Gasteiger partial charge on any atom is 0.169 e. The molecule has 0 bridgehead atoms. The molecule has 2 nitrogen and oxygen atoms in total. The Balaban J connectivity index is 0.00000200. The Hall–Kier alpha value is -0.740. The smallest absolute Gasteiger partial charge is 0.169 e. The highest BCUT2D eigenvalue weighted by Crippen LogP contribution is 2.15. The molecule has 0 aliphatic carbocycles. The maximum absolute atomic E-state index is 4.05. The first-order valence-electron chi connectivity index (χ1n) is 7.29. The van der Waals surface area contributed by atoms with Gasteiger partial charge in [-0.3, -0.25) is 4.98 Å². The average molecular weight is 416 g/mol. The van der Waals surface area contributed by atoms with Crippen molar-refractivity contribution >= 4 is 17.0 Å². The summed E-state index contributed by atoms with van der Waals surface area (Å²) in [4.78, 5) is 4.05. The van der Waals surface area contributed by atoms with Gasteiger partial charge < -0.3 is 17.0 Å². The van der Waals surface area contributed by atoms with Crippen LogP contribution in [0.3, 0.4) is 0 Å². The third-order valence-electron chi connectivity index (χ3n) is 3.42. The van der Waals surface area contributed by atoms with Gasteiger partial charge in [-0.05, 0) is 29.7 Å². The lowest BCUT2D eigenvalue weighted by molar-refractivity contribution is -0.697. The molecule has 0 unspecified atom stereocenters. The minimum absolute atomic E-state index is 0. The van der Waals surface area contributed by atoms with E-state index >= 15 is 0 Å². The zero-order valence-electron chi connectivity index (χ0n) is 12.5. The van der Waals surface area contributed by atoms with E-state index in [0.717, 1.165) is 6.54 Å². The van der Waals surface area contributed by atoms with Crippen molar-refractivity contribution < 1.29 is 21.5 Å². The molecule has 21 heavy (non-hydrogen) atoms. The molecule has 4 heteroatoms. The summed E-state index contributed by atoms with van der Waals surface area (Å²) in [5, 5.41) is 0. The number of nitrogens with zero attached hydrogens (tertiary/aromatic N) is 2. The van der Waals surface area contributed by atoms with Crippen LogP contribution >= 0.6 is 17.0 Å². The average Bonchev–Trinajstić information content (AvgIpc) is 2.49. The summed E-state index contributed by atoms with van der Waals surface area (Å²) < 4.78 is 2.27.